The predicted molar refractivity (Wildman–Crippen MR) is 64.7 cm³/mol. The molecule has 0 aromatic rings. The van der Waals surface area contributed by atoms with Crippen LogP contribution in [0.1, 0.15) is 40.5 Å². The topological polar surface area (TPSA) is 15.3 Å². The molecule has 0 atom stereocenters. The smallest absolute Gasteiger partial charge is 0.0106 e. The van der Waals surface area contributed by atoms with Crippen molar-refractivity contribution >= 4 is 0 Å². The van der Waals surface area contributed by atoms with E-state index in [0.717, 1.165) is 19.0 Å². The summed E-state index contributed by atoms with van der Waals surface area (Å²) in [7, 11) is 2.18. The van der Waals surface area contributed by atoms with Crippen molar-refractivity contribution < 1.29 is 0 Å². The second-order valence-corrected chi connectivity index (χ2v) is 4.86. The summed E-state index contributed by atoms with van der Waals surface area (Å²) in [5.74, 6) is 0.843. The van der Waals surface area contributed by atoms with Gasteiger partial charge in [0.15, 0.2) is 0 Å². The number of likely N-dealkylation sites (N-methyl/N-ethyl adjacent to an activating group) is 1. The largest absolute Gasteiger partial charge is 0.315 e. The first kappa shape index (κ1) is 13.9. The summed E-state index contributed by atoms with van der Waals surface area (Å²) in [4.78, 5) is 2.37. The van der Waals surface area contributed by atoms with Crippen LogP contribution in [0, 0.1) is 5.92 Å². The van der Waals surface area contributed by atoms with Gasteiger partial charge in [-0.15, -0.1) is 0 Å². The Labute approximate surface area is 90.1 Å². The van der Waals surface area contributed by atoms with E-state index in [2.05, 4.69) is 45.0 Å². The van der Waals surface area contributed by atoms with Crippen molar-refractivity contribution in [1.29, 1.82) is 0 Å². The van der Waals surface area contributed by atoms with Gasteiger partial charge in [-0.1, -0.05) is 13.8 Å². The van der Waals surface area contributed by atoms with Gasteiger partial charge in [-0.3, -0.25) is 0 Å². The summed E-state index contributed by atoms with van der Waals surface area (Å²) < 4.78 is 0. The second kappa shape index (κ2) is 8.25. The van der Waals surface area contributed by atoms with Gasteiger partial charge in [-0.05, 0) is 46.2 Å². The van der Waals surface area contributed by atoms with Crippen LogP contribution in [-0.2, 0) is 0 Å². The van der Waals surface area contributed by atoms with E-state index in [1.807, 2.05) is 0 Å². The molecule has 86 valence electrons. The summed E-state index contributed by atoms with van der Waals surface area (Å²) >= 11 is 0. The first-order valence-electron chi connectivity index (χ1n) is 5.95. The molecule has 2 nitrogen and oxygen atoms in total. The Hall–Kier alpha value is -0.0800. The number of rotatable bonds is 8. The number of nitrogens with zero attached hydrogens (tertiary/aromatic N) is 1. The van der Waals surface area contributed by atoms with Crippen molar-refractivity contribution in [2.24, 2.45) is 5.92 Å². The van der Waals surface area contributed by atoms with Crippen molar-refractivity contribution in [3.05, 3.63) is 0 Å². The lowest BCUT2D eigenvalue weighted by atomic mass is 10.1. The Kier molecular flexibility index (Phi) is 8.20. The summed E-state index contributed by atoms with van der Waals surface area (Å²) in [6.45, 7) is 12.5. The molecule has 0 aliphatic heterocycles. The van der Waals surface area contributed by atoms with E-state index in [9.17, 15) is 0 Å². The minimum atomic E-state index is 0.660. The molecule has 14 heavy (non-hydrogen) atoms. The zero-order valence-electron chi connectivity index (χ0n) is 10.6. The average Bonchev–Trinajstić information content (AvgIpc) is 2.09. The molecule has 0 fully saturated rings. The molecule has 0 bridgehead atoms. The Morgan fingerprint density at radius 2 is 1.71 bits per heavy atom. The summed E-state index contributed by atoms with van der Waals surface area (Å²) in [6, 6.07) is 0.660. The number of hydrogen-bond donors (Lipinski definition) is 1. The van der Waals surface area contributed by atoms with Gasteiger partial charge in [0.25, 0.3) is 0 Å². The zero-order valence-corrected chi connectivity index (χ0v) is 10.6. The minimum Gasteiger partial charge on any atom is -0.315 e. The first-order chi connectivity index (χ1) is 6.54. The first-order valence-corrected chi connectivity index (χ1v) is 5.95. The van der Waals surface area contributed by atoms with E-state index >= 15 is 0 Å². The summed E-state index contributed by atoms with van der Waals surface area (Å²) in [5.41, 5.74) is 0. The van der Waals surface area contributed by atoms with Crippen LogP contribution in [0.25, 0.3) is 0 Å². The molecule has 0 rings (SSSR count). The van der Waals surface area contributed by atoms with E-state index in [-0.39, 0.29) is 0 Å². The maximum Gasteiger partial charge on any atom is 0.0106 e. The molecular formula is C12H28N2. The van der Waals surface area contributed by atoms with Gasteiger partial charge < -0.3 is 10.2 Å². The molecule has 0 aromatic carbocycles. The fraction of sp³-hybridized carbons (Fsp3) is 1.00. The molecule has 0 heterocycles. The van der Waals surface area contributed by atoms with Gasteiger partial charge in [-0.2, -0.15) is 0 Å². The molecule has 0 amide bonds. The van der Waals surface area contributed by atoms with Gasteiger partial charge in [0.05, 0.1) is 0 Å². The molecule has 0 saturated heterocycles. The van der Waals surface area contributed by atoms with Gasteiger partial charge in [-0.25, -0.2) is 0 Å². The van der Waals surface area contributed by atoms with Gasteiger partial charge in [0.2, 0.25) is 0 Å². The highest BCUT2D eigenvalue weighted by Gasteiger charge is 2.01. The third-order valence-corrected chi connectivity index (χ3v) is 2.66. The molecule has 0 unspecified atom stereocenters. The van der Waals surface area contributed by atoms with Crippen LogP contribution >= 0.6 is 0 Å². The lowest BCUT2D eigenvalue weighted by molar-refractivity contribution is 0.273. The van der Waals surface area contributed by atoms with Crippen molar-refractivity contribution in [2.75, 3.05) is 26.7 Å². The third-order valence-electron chi connectivity index (χ3n) is 2.66. The molecule has 2 heteroatoms. The fourth-order valence-corrected chi connectivity index (χ4v) is 1.27. The Morgan fingerprint density at radius 1 is 1.07 bits per heavy atom. The maximum absolute atomic E-state index is 3.48. The van der Waals surface area contributed by atoms with Crippen LogP contribution in [0.15, 0.2) is 0 Å². The van der Waals surface area contributed by atoms with E-state index in [0.29, 0.717) is 6.04 Å². The standard InChI is InChI=1S/C12H28N2/c1-11(2)7-6-8-13-9-10-14(5)12(3)4/h11-13H,6-10H2,1-5H3. The molecule has 0 aromatic heterocycles. The third kappa shape index (κ3) is 8.52. The lowest BCUT2D eigenvalue weighted by Gasteiger charge is -2.20. The highest BCUT2D eigenvalue weighted by atomic mass is 15.1. The highest BCUT2D eigenvalue weighted by molar-refractivity contribution is 4.59. The normalized spacial score (nSPS) is 12.0. The van der Waals surface area contributed by atoms with Gasteiger partial charge >= 0.3 is 0 Å². The summed E-state index contributed by atoms with van der Waals surface area (Å²) in [5, 5.41) is 3.48. The van der Waals surface area contributed by atoms with Gasteiger partial charge in [0, 0.05) is 19.1 Å². The zero-order chi connectivity index (χ0) is 11.0. The Bertz CT molecular complexity index is 121. The van der Waals surface area contributed by atoms with Crippen LogP contribution in [0.3, 0.4) is 0 Å². The van der Waals surface area contributed by atoms with Crippen LogP contribution in [-0.4, -0.2) is 37.6 Å². The van der Waals surface area contributed by atoms with Crippen molar-refractivity contribution in [2.45, 2.75) is 46.6 Å². The number of nitrogens with one attached hydrogen (secondary N) is 1. The minimum absolute atomic E-state index is 0.660. The summed E-state index contributed by atoms with van der Waals surface area (Å²) in [6.07, 6.45) is 2.65. The SMILES string of the molecule is CC(C)CCCNCCN(C)C(C)C. The Morgan fingerprint density at radius 3 is 2.21 bits per heavy atom. The lowest BCUT2D eigenvalue weighted by Crippen LogP contribution is -2.34. The quantitative estimate of drug-likeness (QED) is 0.605. The van der Waals surface area contributed by atoms with Crippen LogP contribution in [0.2, 0.25) is 0 Å². The van der Waals surface area contributed by atoms with Crippen LogP contribution < -0.4 is 5.32 Å². The van der Waals surface area contributed by atoms with E-state index < -0.39 is 0 Å². The van der Waals surface area contributed by atoms with Crippen molar-refractivity contribution in [1.82, 2.24) is 10.2 Å². The molecule has 1 N–H and O–H groups in total. The molecule has 0 spiro atoms. The predicted octanol–water partition coefficient (Wildman–Crippen LogP) is 2.35. The highest BCUT2D eigenvalue weighted by Crippen LogP contribution is 2.01. The monoisotopic (exact) mass is 200 g/mol. The van der Waals surface area contributed by atoms with Gasteiger partial charge in [0.1, 0.15) is 0 Å². The average molecular weight is 200 g/mol. The van der Waals surface area contributed by atoms with E-state index in [1.165, 1.54) is 19.4 Å². The molecule has 0 radical (unpaired) electrons. The molecule has 0 aliphatic rings. The van der Waals surface area contributed by atoms with Crippen molar-refractivity contribution in [3.8, 4) is 0 Å². The second-order valence-electron chi connectivity index (χ2n) is 4.86. The van der Waals surface area contributed by atoms with E-state index in [1.54, 1.807) is 0 Å². The maximum atomic E-state index is 3.48. The van der Waals surface area contributed by atoms with Crippen molar-refractivity contribution in [3.63, 3.8) is 0 Å². The fourth-order valence-electron chi connectivity index (χ4n) is 1.27. The molecule has 0 saturated carbocycles. The Balaban J connectivity index is 3.13. The van der Waals surface area contributed by atoms with E-state index in [4.69, 9.17) is 0 Å². The molecule has 0 aliphatic carbocycles. The van der Waals surface area contributed by atoms with Crippen LogP contribution in [0.4, 0.5) is 0 Å². The van der Waals surface area contributed by atoms with Crippen LogP contribution in [0.5, 0.6) is 0 Å². The molecular weight excluding hydrogens is 172 g/mol. The number of hydrogen-bond acceptors (Lipinski definition) is 2.